The molecule has 10 radical (unpaired) electrons. The van der Waals surface area contributed by atoms with Gasteiger partial charge in [-0.2, -0.15) is 0 Å². The number of rotatable bonds is 5. The van der Waals surface area contributed by atoms with Gasteiger partial charge in [-0.05, 0) is 48.0 Å². The summed E-state index contributed by atoms with van der Waals surface area (Å²) in [5.74, 6) is 1.03. The molecule has 5 nitrogen and oxygen atoms in total. The highest BCUT2D eigenvalue weighted by molar-refractivity contribution is 6.68. The number of benzene rings is 7. The van der Waals surface area contributed by atoms with Crippen molar-refractivity contribution in [1.82, 2.24) is 19.5 Å². The van der Waals surface area contributed by atoms with Crippen molar-refractivity contribution < 1.29 is 4.42 Å². The molecule has 3 aromatic heterocycles. The van der Waals surface area contributed by atoms with Crippen LogP contribution in [0.25, 0.3) is 94.7 Å². The Kier molecular flexibility index (Phi) is 7.70. The average molecular weight is 690 g/mol. The summed E-state index contributed by atoms with van der Waals surface area (Å²) in [7, 11) is 31.5. The zero-order valence-corrected chi connectivity index (χ0v) is 29.4. The lowest BCUT2D eigenvalue weighted by molar-refractivity contribution is 0.670. The monoisotopic (exact) mass is 690 g/mol. The molecule has 0 aliphatic carbocycles. The molecule has 55 heavy (non-hydrogen) atoms. The third kappa shape index (κ3) is 5.27. The van der Waals surface area contributed by atoms with Crippen molar-refractivity contribution >= 4 is 110 Å². The smallest absolute Gasteiger partial charge is 0.164 e. The van der Waals surface area contributed by atoms with Crippen molar-refractivity contribution in [2.75, 3.05) is 0 Å². The Morgan fingerprint density at radius 3 is 1.78 bits per heavy atom. The maximum Gasteiger partial charge on any atom is 0.164 e. The first kappa shape index (κ1) is 33.1. The molecule has 0 saturated heterocycles. The Bertz CT molecular complexity index is 3130. The number of nitrogens with zero attached hydrogens (tertiary/aromatic N) is 4. The van der Waals surface area contributed by atoms with Crippen LogP contribution in [0.5, 0.6) is 0 Å². The van der Waals surface area contributed by atoms with E-state index in [-0.39, 0.29) is 33.1 Å². The first-order valence-corrected chi connectivity index (χ1v) is 17.7. The molecule has 0 N–H and O–H groups in total. The van der Waals surface area contributed by atoms with Crippen molar-refractivity contribution in [3.63, 3.8) is 0 Å². The van der Waals surface area contributed by atoms with E-state index in [1.807, 2.05) is 54.6 Å². The molecule has 0 amide bonds. The molecule has 0 bridgehead atoms. The minimum absolute atomic E-state index is 0.116. The van der Waals surface area contributed by atoms with Crippen LogP contribution >= 0.6 is 0 Å². The third-order valence-corrected chi connectivity index (χ3v) is 10.3. The van der Waals surface area contributed by atoms with Crippen LogP contribution in [0, 0.1) is 0 Å². The summed E-state index contributed by atoms with van der Waals surface area (Å²) in [6, 6.07) is 47.4. The summed E-state index contributed by atoms with van der Waals surface area (Å²) < 4.78 is 9.04. The van der Waals surface area contributed by atoms with Crippen LogP contribution in [0.2, 0.25) is 0 Å². The van der Waals surface area contributed by atoms with Crippen LogP contribution in [0.4, 0.5) is 0 Å². The minimum atomic E-state index is 0.116. The molecule has 10 heteroatoms. The molecule has 0 spiro atoms. The van der Waals surface area contributed by atoms with Gasteiger partial charge in [0.25, 0.3) is 0 Å². The second-order valence-corrected chi connectivity index (χ2v) is 13.5. The lowest BCUT2D eigenvalue weighted by Gasteiger charge is -2.20. The molecule has 244 valence electrons. The molecule has 0 saturated carbocycles. The van der Waals surface area contributed by atoms with Crippen molar-refractivity contribution in [2.45, 2.75) is 0 Å². The number of fused-ring (bicyclic) bond motifs is 6. The van der Waals surface area contributed by atoms with E-state index in [2.05, 4.69) is 89.5 Å². The van der Waals surface area contributed by atoms with Gasteiger partial charge >= 0.3 is 0 Å². The van der Waals surface area contributed by atoms with E-state index in [0.29, 0.717) is 28.4 Å². The van der Waals surface area contributed by atoms with Crippen molar-refractivity contribution in [3.8, 4) is 51.0 Å². The number of hydrogen-bond acceptors (Lipinski definition) is 4. The molecule has 3 heterocycles. The maximum absolute atomic E-state index is 6.72. The standard InChI is InChI=1S/C45H23B5N4O/c46-37-36(38(47)40(49)41(50)39(37)48)45-52-43(24-10-3-1-4-11-24)51-44(53-45)26-18-20-30-31-16-9-15-28(42(31)55-35(30)23-26)25-19-21-34-32(22-25)29-14-7-8-17-33(29)54(34)27-12-5-2-6-13-27/h1-23H. The number of furan rings is 1. The Balaban J connectivity index is 1.13. The average Bonchev–Trinajstić information content (AvgIpc) is 3.78. The molecule has 10 rings (SSSR count). The molecule has 7 aromatic carbocycles. The summed E-state index contributed by atoms with van der Waals surface area (Å²) in [5, 5.41) is 4.32. The van der Waals surface area contributed by atoms with Crippen LogP contribution in [-0.2, 0) is 0 Å². The van der Waals surface area contributed by atoms with E-state index in [0.717, 1.165) is 55.2 Å². The fraction of sp³-hybridized carbons (Fsp3) is 0. The van der Waals surface area contributed by atoms with Crippen LogP contribution in [-0.4, -0.2) is 58.8 Å². The first-order chi connectivity index (χ1) is 26.9. The van der Waals surface area contributed by atoms with Gasteiger partial charge in [-0.3, -0.25) is 0 Å². The Hall–Kier alpha value is -6.53. The zero-order valence-electron chi connectivity index (χ0n) is 29.4. The van der Waals surface area contributed by atoms with Gasteiger partial charge in [0.2, 0.25) is 0 Å². The first-order valence-electron chi connectivity index (χ1n) is 17.7. The predicted molar refractivity (Wildman–Crippen MR) is 230 cm³/mol. The Labute approximate surface area is 323 Å². The zero-order chi connectivity index (χ0) is 37.4. The van der Waals surface area contributed by atoms with Gasteiger partial charge in [0.1, 0.15) is 50.4 Å². The summed E-state index contributed by atoms with van der Waals surface area (Å²) in [4.78, 5) is 14.5. The van der Waals surface area contributed by atoms with Crippen molar-refractivity contribution in [3.05, 3.63) is 140 Å². The summed E-state index contributed by atoms with van der Waals surface area (Å²) in [5.41, 5.74) is 9.34. The van der Waals surface area contributed by atoms with E-state index in [9.17, 15) is 0 Å². The summed E-state index contributed by atoms with van der Waals surface area (Å²) in [6.07, 6.45) is 0. The second kappa shape index (κ2) is 12.8. The molecule has 10 aromatic rings. The van der Waals surface area contributed by atoms with E-state index in [1.165, 1.54) is 5.39 Å². The van der Waals surface area contributed by atoms with E-state index < -0.39 is 0 Å². The van der Waals surface area contributed by atoms with E-state index in [4.69, 9.17) is 58.6 Å². The van der Waals surface area contributed by atoms with Gasteiger partial charge in [0, 0.05) is 49.5 Å². The molecular weight excluding hydrogens is 667 g/mol. The van der Waals surface area contributed by atoms with Gasteiger partial charge < -0.3 is 8.98 Å². The quantitative estimate of drug-likeness (QED) is 0.224. The van der Waals surface area contributed by atoms with Gasteiger partial charge in [0.15, 0.2) is 17.5 Å². The normalized spacial score (nSPS) is 11.6. The van der Waals surface area contributed by atoms with Gasteiger partial charge in [0.05, 0.1) is 11.0 Å². The summed E-state index contributed by atoms with van der Waals surface area (Å²) >= 11 is 0. The maximum atomic E-state index is 6.72. The van der Waals surface area contributed by atoms with Gasteiger partial charge in [-0.15, -0.1) is 16.4 Å². The Morgan fingerprint density at radius 2 is 1.02 bits per heavy atom. The highest BCUT2D eigenvalue weighted by Crippen LogP contribution is 2.40. The van der Waals surface area contributed by atoms with Crippen molar-refractivity contribution in [2.24, 2.45) is 0 Å². The molecule has 0 aliphatic rings. The SMILES string of the molecule is [B]c1c([B])c([B])c(-c2nc(-c3ccccc3)nc(-c3ccc4c(c3)oc3c(-c5ccc6c(c5)c5ccccc5n6-c5ccccc5)cccc34)n2)c([B])c1[B]. The van der Waals surface area contributed by atoms with Crippen molar-refractivity contribution in [1.29, 1.82) is 0 Å². The summed E-state index contributed by atoms with van der Waals surface area (Å²) in [6.45, 7) is 0. The lowest BCUT2D eigenvalue weighted by Crippen LogP contribution is -2.55. The molecule has 0 fully saturated rings. The fourth-order valence-corrected chi connectivity index (χ4v) is 7.58. The molecule has 0 atom stereocenters. The van der Waals surface area contributed by atoms with Crippen LogP contribution in [0.15, 0.2) is 144 Å². The molecular formula is C45H23B5N4O. The highest BCUT2D eigenvalue weighted by Gasteiger charge is 2.20. The van der Waals surface area contributed by atoms with Crippen LogP contribution in [0.3, 0.4) is 0 Å². The topological polar surface area (TPSA) is 56.7 Å². The van der Waals surface area contributed by atoms with Crippen LogP contribution in [0.1, 0.15) is 0 Å². The second-order valence-electron chi connectivity index (χ2n) is 13.5. The van der Waals surface area contributed by atoms with E-state index >= 15 is 0 Å². The largest absolute Gasteiger partial charge is 0.455 e. The fourth-order valence-electron chi connectivity index (χ4n) is 7.58. The minimum Gasteiger partial charge on any atom is -0.455 e. The number of hydrogen-bond donors (Lipinski definition) is 0. The van der Waals surface area contributed by atoms with Gasteiger partial charge in [-0.1, -0.05) is 108 Å². The Morgan fingerprint density at radius 1 is 0.418 bits per heavy atom. The lowest BCUT2D eigenvalue weighted by atomic mass is 9.60. The van der Waals surface area contributed by atoms with Gasteiger partial charge in [-0.25, -0.2) is 15.0 Å². The highest BCUT2D eigenvalue weighted by atomic mass is 16.3. The number of para-hydroxylation sites is 3. The van der Waals surface area contributed by atoms with E-state index in [1.54, 1.807) is 0 Å². The molecule has 0 unspecified atom stereocenters. The van der Waals surface area contributed by atoms with Crippen LogP contribution < -0.4 is 27.3 Å². The molecule has 0 aliphatic heterocycles. The number of aromatic nitrogens is 4. The third-order valence-electron chi connectivity index (χ3n) is 10.3. The predicted octanol–water partition coefficient (Wildman–Crippen LogP) is 5.51.